The Morgan fingerprint density at radius 2 is 1.56 bits per heavy atom. The largest absolute Gasteiger partial charge is 0.465 e. The predicted octanol–water partition coefficient (Wildman–Crippen LogP) is 3.53. The van der Waals surface area contributed by atoms with Crippen LogP contribution in [-0.4, -0.2) is 34.5 Å². The molecule has 6 nitrogen and oxygen atoms in total. The van der Waals surface area contributed by atoms with Crippen LogP contribution in [0.4, 0.5) is 9.59 Å². The lowest BCUT2D eigenvalue weighted by molar-refractivity contribution is 0.147. The highest BCUT2D eigenvalue weighted by molar-refractivity contribution is 5.65. The van der Waals surface area contributed by atoms with Gasteiger partial charge in [0.15, 0.2) is 0 Å². The molecule has 0 aliphatic rings. The maximum Gasteiger partial charge on any atom is 0.404 e. The van der Waals surface area contributed by atoms with E-state index in [1.807, 2.05) is 20.8 Å². The van der Waals surface area contributed by atoms with Gasteiger partial charge in [-0.25, -0.2) is 9.59 Å². The smallest absolute Gasteiger partial charge is 0.404 e. The molecule has 0 saturated carbocycles. The van der Waals surface area contributed by atoms with E-state index in [9.17, 15) is 9.59 Å². The molecule has 0 rings (SSSR count). The number of terminal acetylenes is 2. The van der Waals surface area contributed by atoms with Crippen molar-refractivity contribution in [2.45, 2.75) is 71.4 Å². The molecule has 25 heavy (non-hydrogen) atoms. The third-order valence-electron chi connectivity index (χ3n) is 4.34. The van der Waals surface area contributed by atoms with E-state index in [2.05, 4.69) is 22.5 Å². The van der Waals surface area contributed by atoms with Gasteiger partial charge in [-0.2, -0.15) is 0 Å². The zero-order chi connectivity index (χ0) is 19.5. The second-order valence-electron chi connectivity index (χ2n) is 7.17. The number of amides is 2. The molecule has 0 aromatic carbocycles. The molecule has 0 aliphatic heterocycles. The Bertz CT molecular complexity index is 516. The van der Waals surface area contributed by atoms with E-state index >= 15 is 0 Å². The van der Waals surface area contributed by atoms with Crippen LogP contribution < -0.4 is 10.6 Å². The Hall–Kier alpha value is -2.34. The van der Waals surface area contributed by atoms with Crippen molar-refractivity contribution in [1.82, 2.24) is 10.6 Å². The lowest BCUT2D eigenvalue weighted by Gasteiger charge is -2.37. The van der Waals surface area contributed by atoms with Gasteiger partial charge >= 0.3 is 12.2 Å². The zero-order valence-electron chi connectivity index (χ0n) is 15.3. The minimum atomic E-state index is -1.07. The summed E-state index contributed by atoms with van der Waals surface area (Å²) in [6.45, 7) is 6.04. The predicted molar refractivity (Wildman–Crippen MR) is 98.2 cm³/mol. The van der Waals surface area contributed by atoms with Gasteiger partial charge in [-0.15, -0.1) is 24.7 Å². The maximum absolute atomic E-state index is 11.1. The van der Waals surface area contributed by atoms with Crippen molar-refractivity contribution in [2.24, 2.45) is 11.3 Å². The SMILES string of the molecule is C#CCCC(CC(C)CC(C)(C)C(CCC#C)NC(=O)O)NC(=O)O. The van der Waals surface area contributed by atoms with Gasteiger partial charge in [-0.3, -0.25) is 0 Å². The number of carbonyl (C=O) groups is 2. The van der Waals surface area contributed by atoms with Crippen LogP contribution in [0.15, 0.2) is 0 Å². The summed E-state index contributed by atoms with van der Waals surface area (Å²) < 4.78 is 0. The van der Waals surface area contributed by atoms with Crippen LogP contribution in [0.2, 0.25) is 0 Å². The second kappa shape index (κ2) is 11.3. The van der Waals surface area contributed by atoms with Crippen LogP contribution >= 0.6 is 0 Å². The van der Waals surface area contributed by atoms with Crippen LogP contribution in [-0.2, 0) is 0 Å². The highest BCUT2D eigenvalue weighted by Crippen LogP contribution is 2.33. The van der Waals surface area contributed by atoms with Gasteiger partial charge in [0, 0.05) is 24.9 Å². The van der Waals surface area contributed by atoms with Gasteiger partial charge in [-0.1, -0.05) is 20.8 Å². The molecule has 0 spiro atoms. The molecular weight excluding hydrogens is 320 g/mol. The van der Waals surface area contributed by atoms with Crippen molar-refractivity contribution < 1.29 is 19.8 Å². The fraction of sp³-hybridized carbons (Fsp3) is 0.684. The van der Waals surface area contributed by atoms with Crippen LogP contribution in [0.25, 0.3) is 0 Å². The fourth-order valence-corrected chi connectivity index (χ4v) is 3.33. The average Bonchev–Trinajstić information content (AvgIpc) is 2.47. The van der Waals surface area contributed by atoms with Gasteiger partial charge in [0.05, 0.1) is 0 Å². The average molecular weight is 350 g/mol. The summed E-state index contributed by atoms with van der Waals surface area (Å²) in [6.07, 6.45) is 12.0. The quantitative estimate of drug-likeness (QED) is 0.428. The summed E-state index contributed by atoms with van der Waals surface area (Å²) in [7, 11) is 0. The molecule has 0 fully saturated rings. The van der Waals surface area contributed by atoms with E-state index in [-0.39, 0.29) is 23.4 Å². The number of hydrogen-bond acceptors (Lipinski definition) is 2. The van der Waals surface area contributed by atoms with E-state index in [4.69, 9.17) is 23.1 Å². The van der Waals surface area contributed by atoms with E-state index in [1.165, 1.54) is 0 Å². The molecule has 0 bridgehead atoms. The molecule has 3 atom stereocenters. The van der Waals surface area contributed by atoms with Crippen LogP contribution in [0.3, 0.4) is 0 Å². The van der Waals surface area contributed by atoms with Crippen molar-refractivity contribution in [2.75, 3.05) is 0 Å². The summed E-state index contributed by atoms with van der Waals surface area (Å²) in [4.78, 5) is 22.0. The van der Waals surface area contributed by atoms with Crippen molar-refractivity contribution >= 4 is 12.2 Å². The Kier molecular flexibility index (Phi) is 10.2. The molecule has 0 aliphatic carbocycles. The second-order valence-corrected chi connectivity index (χ2v) is 7.17. The summed E-state index contributed by atoms with van der Waals surface area (Å²) in [5.74, 6) is 5.26. The first-order valence-corrected chi connectivity index (χ1v) is 8.48. The Labute approximate surface area is 150 Å². The monoisotopic (exact) mass is 350 g/mol. The lowest BCUT2D eigenvalue weighted by Crippen LogP contribution is -2.45. The summed E-state index contributed by atoms with van der Waals surface area (Å²) >= 11 is 0. The number of hydrogen-bond donors (Lipinski definition) is 4. The fourth-order valence-electron chi connectivity index (χ4n) is 3.33. The van der Waals surface area contributed by atoms with E-state index in [1.54, 1.807) is 0 Å². The van der Waals surface area contributed by atoms with Gasteiger partial charge < -0.3 is 20.8 Å². The zero-order valence-corrected chi connectivity index (χ0v) is 15.3. The highest BCUT2D eigenvalue weighted by atomic mass is 16.4. The van der Waals surface area contributed by atoms with Gasteiger partial charge in [-0.05, 0) is 37.0 Å². The molecule has 3 unspecified atom stereocenters. The highest BCUT2D eigenvalue weighted by Gasteiger charge is 2.32. The van der Waals surface area contributed by atoms with Crippen LogP contribution in [0, 0.1) is 36.0 Å². The van der Waals surface area contributed by atoms with Crippen molar-refractivity contribution in [3.63, 3.8) is 0 Å². The summed E-state index contributed by atoms with van der Waals surface area (Å²) in [5.41, 5.74) is -0.311. The molecule has 0 saturated heterocycles. The molecule has 0 radical (unpaired) electrons. The first kappa shape index (κ1) is 22.7. The Morgan fingerprint density at radius 1 is 1.04 bits per heavy atom. The first-order chi connectivity index (χ1) is 11.6. The van der Waals surface area contributed by atoms with Gasteiger partial charge in [0.1, 0.15) is 0 Å². The standard InChI is InChI=1S/C19H30N2O4/c1-6-8-10-15(20-17(22)23)12-14(3)13-19(4,5)16(11-9-7-2)21-18(24)25/h1-2,14-16,20-21H,8-13H2,3-5H3,(H,22,23)(H,24,25). The van der Waals surface area contributed by atoms with Crippen LogP contribution in [0.5, 0.6) is 0 Å². The molecular formula is C19H30N2O4. The summed E-state index contributed by atoms with van der Waals surface area (Å²) in [6, 6.07) is -0.476. The lowest BCUT2D eigenvalue weighted by atomic mass is 9.74. The topological polar surface area (TPSA) is 98.7 Å². The first-order valence-electron chi connectivity index (χ1n) is 8.48. The molecule has 0 aromatic heterocycles. The minimum absolute atomic E-state index is 0.188. The molecule has 140 valence electrons. The van der Waals surface area contributed by atoms with Gasteiger partial charge in [0.25, 0.3) is 0 Å². The van der Waals surface area contributed by atoms with Crippen molar-refractivity contribution in [3.05, 3.63) is 0 Å². The van der Waals surface area contributed by atoms with Crippen molar-refractivity contribution in [3.8, 4) is 24.7 Å². The van der Waals surface area contributed by atoms with Crippen molar-refractivity contribution in [1.29, 1.82) is 0 Å². The molecule has 4 N–H and O–H groups in total. The third-order valence-corrected chi connectivity index (χ3v) is 4.34. The van der Waals surface area contributed by atoms with E-state index in [0.29, 0.717) is 32.1 Å². The molecule has 0 heterocycles. The third kappa shape index (κ3) is 10.2. The number of carboxylic acid groups (broad SMARTS) is 2. The maximum atomic E-state index is 11.1. The van der Waals surface area contributed by atoms with Gasteiger partial charge in [0.2, 0.25) is 0 Å². The molecule has 6 heteroatoms. The summed E-state index contributed by atoms with van der Waals surface area (Å²) in [5, 5.41) is 23.1. The van der Waals surface area contributed by atoms with Crippen LogP contribution in [0.1, 0.15) is 59.3 Å². The molecule has 0 aromatic rings. The van der Waals surface area contributed by atoms with E-state index in [0.717, 1.165) is 6.42 Å². The number of nitrogens with one attached hydrogen (secondary N) is 2. The Balaban J connectivity index is 4.89. The van der Waals surface area contributed by atoms with E-state index < -0.39 is 12.2 Å². The minimum Gasteiger partial charge on any atom is -0.465 e. The normalized spacial score (nSPS) is 14.4. The molecule has 2 amide bonds. The number of rotatable bonds is 11. The Morgan fingerprint density at radius 3 is 2.04 bits per heavy atom.